The van der Waals surface area contributed by atoms with Crippen LogP contribution in [0.15, 0.2) is 12.5 Å². The average molecular weight is 177 g/mol. The van der Waals surface area contributed by atoms with E-state index in [-0.39, 0.29) is 12.0 Å². The maximum atomic E-state index is 8.87. The summed E-state index contributed by atoms with van der Waals surface area (Å²) in [5.74, 6) is -0.0181. The first kappa shape index (κ1) is 8.27. The molecular weight excluding hydrogens is 166 g/mol. The van der Waals surface area contributed by atoms with Gasteiger partial charge < -0.3 is 9.30 Å². The van der Waals surface area contributed by atoms with Crippen LogP contribution in [-0.4, -0.2) is 16.2 Å². The molecule has 0 bridgehead atoms. The minimum atomic E-state index is -0.0856. The minimum absolute atomic E-state index is 0.0181. The molecule has 0 spiro atoms. The number of hydrogen-bond donors (Lipinski definition) is 0. The van der Waals surface area contributed by atoms with E-state index in [1.807, 2.05) is 11.6 Å². The second-order valence-corrected chi connectivity index (χ2v) is 3.25. The zero-order valence-electron chi connectivity index (χ0n) is 7.47. The van der Waals surface area contributed by atoms with Gasteiger partial charge in [-0.25, -0.2) is 4.98 Å². The number of aromatic nitrogens is 2. The number of imidazole rings is 1. The summed E-state index contributed by atoms with van der Waals surface area (Å²) in [6.45, 7) is 0.675. The molecule has 1 fully saturated rings. The van der Waals surface area contributed by atoms with Gasteiger partial charge in [-0.3, -0.25) is 0 Å². The van der Waals surface area contributed by atoms with Crippen LogP contribution in [0.2, 0.25) is 0 Å². The van der Waals surface area contributed by atoms with Gasteiger partial charge in [0, 0.05) is 13.7 Å². The van der Waals surface area contributed by atoms with Crippen molar-refractivity contribution in [1.29, 1.82) is 5.26 Å². The van der Waals surface area contributed by atoms with E-state index in [1.54, 1.807) is 12.5 Å². The van der Waals surface area contributed by atoms with Gasteiger partial charge in [-0.15, -0.1) is 0 Å². The van der Waals surface area contributed by atoms with Crippen LogP contribution in [0.5, 0.6) is 0 Å². The third-order valence-corrected chi connectivity index (χ3v) is 2.40. The van der Waals surface area contributed by atoms with Crippen molar-refractivity contribution in [1.82, 2.24) is 9.55 Å². The number of nitrogens with zero attached hydrogens (tertiary/aromatic N) is 3. The quantitative estimate of drug-likeness (QED) is 0.643. The highest BCUT2D eigenvalue weighted by atomic mass is 16.5. The Hall–Kier alpha value is -1.34. The lowest BCUT2D eigenvalue weighted by Gasteiger charge is -2.12. The van der Waals surface area contributed by atoms with Gasteiger partial charge in [0.2, 0.25) is 0 Å². The summed E-state index contributed by atoms with van der Waals surface area (Å²) < 4.78 is 7.40. The highest BCUT2D eigenvalue weighted by Gasteiger charge is 2.31. The Bertz CT molecular complexity index is 339. The molecule has 1 aromatic heterocycles. The fourth-order valence-electron chi connectivity index (χ4n) is 1.65. The van der Waals surface area contributed by atoms with Gasteiger partial charge in [0.05, 0.1) is 30.2 Å². The van der Waals surface area contributed by atoms with Crippen LogP contribution >= 0.6 is 0 Å². The normalized spacial score (nSPS) is 27.4. The summed E-state index contributed by atoms with van der Waals surface area (Å²) >= 11 is 0. The Labute approximate surface area is 76.8 Å². The second-order valence-electron chi connectivity index (χ2n) is 3.25. The lowest BCUT2D eigenvalue weighted by Crippen LogP contribution is -2.09. The summed E-state index contributed by atoms with van der Waals surface area (Å²) in [5, 5.41) is 8.87. The predicted molar refractivity (Wildman–Crippen MR) is 45.6 cm³/mol. The smallest absolute Gasteiger partial charge is 0.115 e. The summed E-state index contributed by atoms with van der Waals surface area (Å²) in [5.41, 5.74) is 0.990. The van der Waals surface area contributed by atoms with E-state index in [4.69, 9.17) is 10.00 Å². The zero-order chi connectivity index (χ0) is 9.26. The van der Waals surface area contributed by atoms with Crippen LogP contribution in [0.25, 0.3) is 0 Å². The molecule has 2 atom stereocenters. The van der Waals surface area contributed by atoms with E-state index in [1.165, 1.54) is 0 Å². The molecule has 2 unspecified atom stereocenters. The van der Waals surface area contributed by atoms with E-state index in [0.717, 1.165) is 12.1 Å². The molecule has 0 amide bonds. The van der Waals surface area contributed by atoms with E-state index in [9.17, 15) is 0 Å². The summed E-state index contributed by atoms with van der Waals surface area (Å²) in [4.78, 5) is 4.01. The summed E-state index contributed by atoms with van der Waals surface area (Å²) in [6, 6.07) is 2.26. The van der Waals surface area contributed by atoms with E-state index in [2.05, 4.69) is 11.1 Å². The van der Waals surface area contributed by atoms with E-state index >= 15 is 0 Å². The first-order valence-electron chi connectivity index (χ1n) is 4.30. The van der Waals surface area contributed by atoms with Crippen LogP contribution in [0.3, 0.4) is 0 Å². The molecule has 1 aromatic rings. The van der Waals surface area contributed by atoms with Gasteiger partial charge >= 0.3 is 0 Å². The molecule has 0 saturated carbocycles. The number of ether oxygens (including phenoxy) is 1. The van der Waals surface area contributed by atoms with Gasteiger partial charge in [-0.05, 0) is 6.42 Å². The van der Waals surface area contributed by atoms with Crippen molar-refractivity contribution in [2.45, 2.75) is 12.5 Å². The molecule has 2 heterocycles. The number of aryl methyl sites for hydroxylation is 1. The van der Waals surface area contributed by atoms with Crippen molar-refractivity contribution >= 4 is 0 Å². The summed E-state index contributed by atoms with van der Waals surface area (Å²) in [6.07, 6.45) is 4.23. The maximum absolute atomic E-state index is 8.87. The molecule has 1 aliphatic rings. The first-order valence-corrected chi connectivity index (χ1v) is 4.30. The number of rotatable bonds is 1. The standard InChI is InChI=1S/C9H11N3O/c1-12-6-11-5-8(12)9-7(4-10)2-3-13-9/h5-7,9H,2-3H2,1H3. The van der Waals surface area contributed by atoms with Gasteiger partial charge in [0.25, 0.3) is 0 Å². The van der Waals surface area contributed by atoms with Crippen molar-refractivity contribution in [2.75, 3.05) is 6.61 Å². The fraction of sp³-hybridized carbons (Fsp3) is 0.556. The SMILES string of the molecule is Cn1cncc1C1OCCC1C#N. The molecule has 13 heavy (non-hydrogen) atoms. The lowest BCUT2D eigenvalue weighted by atomic mass is 10.0. The zero-order valence-corrected chi connectivity index (χ0v) is 7.47. The fourth-order valence-corrected chi connectivity index (χ4v) is 1.65. The van der Waals surface area contributed by atoms with Crippen molar-refractivity contribution in [3.63, 3.8) is 0 Å². The van der Waals surface area contributed by atoms with E-state index < -0.39 is 0 Å². The number of hydrogen-bond acceptors (Lipinski definition) is 3. The van der Waals surface area contributed by atoms with Crippen molar-refractivity contribution in [2.24, 2.45) is 13.0 Å². The van der Waals surface area contributed by atoms with Crippen LogP contribution in [-0.2, 0) is 11.8 Å². The summed E-state index contributed by atoms with van der Waals surface area (Å²) in [7, 11) is 1.92. The Morgan fingerprint density at radius 2 is 2.62 bits per heavy atom. The van der Waals surface area contributed by atoms with Gasteiger partial charge in [-0.2, -0.15) is 5.26 Å². The molecule has 4 heteroatoms. The van der Waals surface area contributed by atoms with Crippen molar-refractivity contribution in [3.05, 3.63) is 18.2 Å². The highest BCUT2D eigenvalue weighted by Crippen LogP contribution is 2.33. The molecule has 0 N–H and O–H groups in total. The van der Waals surface area contributed by atoms with Gasteiger partial charge in [0.15, 0.2) is 0 Å². The average Bonchev–Trinajstić information content (AvgIpc) is 2.71. The van der Waals surface area contributed by atoms with Crippen molar-refractivity contribution < 1.29 is 4.74 Å². The largest absolute Gasteiger partial charge is 0.371 e. The lowest BCUT2D eigenvalue weighted by molar-refractivity contribution is 0.0949. The number of nitriles is 1. The first-order chi connectivity index (χ1) is 6.33. The molecule has 0 aromatic carbocycles. The molecule has 4 nitrogen and oxygen atoms in total. The minimum Gasteiger partial charge on any atom is -0.371 e. The molecule has 1 saturated heterocycles. The van der Waals surface area contributed by atoms with Crippen molar-refractivity contribution in [3.8, 4) is 6.07 Å². The Morgan fingerprint density at radius 3 is 3.23 bits per heavy atom. The molecule has 2 rings (SSSR count). The topological polar surface area (TPSA) is 50.8 Å². The highest BCUT2D eigenvalue weighted by molar-refractivity contribution is 5.09. The molecule has 1 aliphatic heterocycles. The maximum Gasteiger partial charge on any atom is 0.115 e. The van der Waals surface area contributed by atoms with Crippen LogP contribution in [0.1, 0.15) is 18.2 Å². The van der Waals surface area contributed by atoms with Gasteiger partial charge in [-0.1, -0.05) is 0 Å². The molecule has 68 valence electrons. The molecular formula is C9H11N3O. The van der Waals surface area contributed by atoms with E-state index in [0.29, 0.717) is 6.61 Å². The Kier molecular flexibility index (Phi) is 2.03. The Balaban J connectivity index is 2.27. The predicted octanol–water partition coefficient (Wildman–Crippen LogP) is 1.02. The molecule has 0 aliphatic carbocycles. The van der Waals surface area contributed by atoms with Crippen LogP contribution in [0.4, 0.5) is 0 Å². The second kappa shape index (κ2) is 3.19. The third-order valence-electron chi connectivity index (χ3n) is 2.40. The van der Waals surface area contributed by atoms with Crippen LogP contribution < -0.4 is 0 Å². The monoisotopic (exact) mass is 177 g/mol. The van der Waals surface area contributed by atoms with Gasteiger partial charge in [0.1, 0.15) is 6.10 Å². The third kappa shape index (κ3) is 1.31. The van der Waals surface area contributed by atoms with Crippen LogP contribution in [0, 0.1) is 17.2 Å². The molecule has 0 radical (unpaired) electrons. The Morgan fingerprint density at radius 1 is 1.77 bits per heavy atom.